The highest BCUT2D eigenvalue weighted by molar-refractivity contribution is 5.92. The molecule has 0 atom stereocenters. The maximum Gasteiger partial charge on any atom is 0.355 e. The predicted octanol–water partition coefficient (Wildman–Crippen LogP) is 3.27. The Hall–Kier alpha value is -2.23. The van der Waals surface area contributed by atoms with E-state index in [9.17, 15) is 4.79 Å². The van der Waals surface area contributed by atoms with E-state index in [1.54, 1.807) is 7.11 Å². The SMILES string of the molecule is CCOC(=O)c1[nH]c2c(c1C)CCc1cc(OC)ccc1-2. The monoisotopic (exact) mass is 285 g/mol. The second kappa shape index (κ2) is 5.28. The van der Waals surface area contributed by atoms with Crippen LogP contribution in [0, 0.1) is 6.92 Å². The lowest BCUT2D eigenvalue weighted by Gasteiger charge is -2.17. The van der Waals surface area contributed by atoms with Gasteiger partial charge in [-0.2, -0.15) is 0 Å². The van der Waals surface area contributed by atoms with Gasteiger partial charge in [0.25, 0.3) is 0 Å². The largest absolute Gasteiger partial charge is 0.497 e. The second-order valence-electron chi connectivity index (χ2n) is 5.22. The number of carbonyl (C=O) groups is 1. The fourth-order valence-electron chi connectivity index (χ4n) is 2.99. The van der Waals surface area contributed by atoms with Crippen LogP contribution in [0.5, 0.6) is 5.75 Å². The molecule has 4 heteroatoms. The molecule has 0 radical (unpaired) electrons. The van der Waals surface area contributed by atoms with Crippen LogP contribution >= 0.6 is 0 Å². The molecule has 1 aromatic carbocycles. The highest BCUT2D eigenvalue weighted by atomic mass is 16.5. The molecule has 4 nitrogen and oxygen atoms in total. The molecule has 110 valence electrons. The van der Waals surface area contributed by atoms with Gasteiger partial charge in [0.1, 0.15) is 11.4 Å². The zero-order valence-corrected chi connectivity index (χ0v) is 12.6. The molecular formula is C17H19NO3. The number of aromatic nitrogens is 1. The van der Waals surface area contributed by atoms with Crippen LogP contribution in [0.4, 0.5) is 0 Å². The van der Waals surface area contributed by atoms with E-state index in [1.807, 2.05) is 19.9 Å². The molecule has 1 heterocycles. The Morgan fingerprint density at radius 2 is 2.14 bits per heavy atom. The summed E-state index contributed by atoms with van der Waals surface area (Å²) in [6.07, 6.45) is 1.89. The number of benzene rings is 1. The van der Waals surface area contributed by atoms with Crippen molar-refractivity contribution in [1.82, 2.24) is 4.98 Å². The predicted molar refractivity (Wildman–Crippen MR) is 80.9 cm³/mol. The van der Waals surface area contributed by atoms with Gasteiger partial charge in [-0.05, 0) is 61.6 Å². The van der Waals surface area contributed by atoms with Gasteiger partial charge in [-0.1, -0.05) is 0 Å². The molecule has 0 fully saturated rings. The average Bonchev–Trinajstić information content (AvgIpc) is 2.84. The van der Waals surface area contributed by atoms with Crippen molar-refractivity contribution in [3.05, 3.63) is 40.6 Å². The number of aryl methyl sites for hydroxylation is 1. The van der Waals surface area contributed by atoms with Crippen LogP contribution in [0.25, 0.3) is 11.3 Å². The number of aromatic amines is 1. The van der Waals surface area contributed by atoms with Gasteiger partial charge in [-0.25, -0.2) is 4.79 Å². The van der Waals surface area contributed by atoms with Gasteiger partial charge in [-0.3, -0.25) is 0 Å². The lowest BCUT2D eigenvalue weighted by Crippen LogP contribution is -2.06. The number of carbonyl (C=O) groups excluding carboxylic acids is 1. The average molecular weight is 285 g/mol. The van der Waals surface area contributed by atoms with E-state index in [4.69, 9.17) is 9.47 Å². The number of H-pyrrole nitrogens is 1. The van der Waals surface area contributed by atoms with Gasteiger partial charge < -0.3 is 14.5 Å². The molecule has 1 N–H and O–H groups in total. The van der Waals surface area contributed by atoms with Gasteiger partial charge in [0, 0.05) is 11.3 Å². The number of hydrogen-bond acceptors (Lipinski definition) is 3. The minimum atomic E-state index is -0.278. The van der Waals surface area contributed by atoms with Crippen LogP contribution in [0.1, 0.15) is 34.1 Å². The highest BCUT2D eigenvalue weighted by Gasteiger charge is 2.25. The van der Waals surface area contributed by atoms with E-state index >= 15 is 0 Å². The Kier molecular flexibility index (Phi) is 3.45. The lowest BCUT2D eigenvalue weighted by atomic mass is 9.88. The third kappa shape index (κ3) is 2.20. The molecule has 0 amide bonds. The third-order valence-electron chi connectivity index (χ3n) is 4.09. The van der Waals surface area contributed by atoms with Crippen LogP contribution in [0.15, 0.2) is 18.2 Å². The number of nitrogens with one attached hydrogen (secondary N) is 1. The zero-order valence-electron chi connectivity index (χ0n) is 12.6. The van der Waals surface area contributed by atoms with E-state index in [0.29, 0.717) is 12.3 Å². The Labute approximate surface area is 124 Å². The van der Waals surface area contributed by atoms with Gasteiger partial charge in [0.15, 0.2) is 0 Å². The smallest absolute Gasteiger partial charge is 0.355 e. The topological polar surface area (TPSA) is 51.3 Å². The summed E-state index contributed by atoms with van der Waals surface area (Å²) in [5, 5.41) is 0. The van der Waals surface area contributed by atoms with Gasteiger partial charge in [0.05, 0.1) is 13.7 Å². The second-order valence-corrected chi connectivity index (χ2v) is 5.22. The summed E-state index contributed by atoms with van der Waals surface area (Å²) in [5.41, 5.74) is 6.24. The van der Waals surface area contributed by atoms with Gasteiger partial charge in [0.2, 0.25) is 0 Å². The Morgan fingerprint density at radius 1 is 1.33 bits per heavy atom. The number of hydrogen-bond donors (Lipinski definition) is 1. The first-order chi connectivity index (χ1) is 10.2. The summed E-state index contributed by atoms with van der Waals surface area (Å²) in [7, 11) is 1.67. The van der Waals surface area contributed by atoms with Crippen molar-refractivity contribution in [3.8, 4) is 17.0 Å². The maximum absolute atomic E-state index is 12.0. The van der Waals surface area contributed by atoms with Gasteiger partial charge in [-0.15, -0.1) is 0 Å². The molecule has 0 spiro atoms. The Bertz CT molecular complexity index is 700. The van der Waals surface area contributed by atoms with Crippen LogP contribution in [0.3, 0.4) is 0 Å². The van der Waals surface area contributed by atoms with Crippen LogP contribution in [0.2, 0.25) is 0 Å². The van der Waals surface area contributed by atoms with E-state index in [1.165, 1.54) is 11.1 Å². The van der Waals surface area contributed by atoms with Crippen molar-refractivity contribution in [3.63, 3.8) is 0 Å². The Morgan fingerprint density at radius 3 is 2.86 bits per heavy atom. The van der Waals surface area contributed by atoms with Crippen LogP contribution in [-0.4, -0.2) is 24.7 Å². The number of rotatable bonds is 3. The van der Waals surface area contributed by atoms with Crippen molar-refractivity contribution < 1.29 is 14.3 Å². The number of esters is 1. The fraction of sp³-hybridized carbons (Fsp3) is 0.353. The van der Waals surface area contributed by atoms with Crippen molar-refractivity contribution in [2.24, 2.45) is 0 Å². The molecule has 1 aromatic heterocycles. The third-order valence-corrected chi connectivity index (χ3v) is 4.09. The van der Waals surface area contributed by atoms with Crippen LogP contribution in [-0.2, 0) is 17.6 Å². The summed E-state index contributed by atoms with van der Waals surface area (Å²) in [6, 6.07) is 6.07. The van der Waals surface area contributed by atoms with Crippen LogP contribution < -0.4 is 4.74 Å². The minimum absolute atomic E-state index is 0.278. The zero-order chi connectivity index (χ0) is 15.0. The number of ether oxygens (including phenoxy) is 2. The number of methoxy groups -OCH3 is 1. The quantitative estimate of drug-likeness (QED) is 0.881. The molecule has 1 aliphatic rings. The van der Waals surface area contributed by atoms with E-state index in [2.05, 4.69) is 17.1 Å². The highest BCUT2D eigenvalue weighted by Crippen LogP contribution is 2.37. The Balaban J connectivity index is 2.09. The summed E-state index contributed by atoms with van der Waals surface area (Å²) < 4.78 is 10.4. The summed E-state index contributed by atoms with van der Waals surface area (Å²) in [5.74, 6) is 0.588. The number of fused-ring (bicyclic) bond motifs is 3. The van der Waals surface area contributed by atoms with Crippen molar-refractivity contribution in [2.75, 3.05) is 13.7 Å². The molecule has 3 rings (SSSR count). The molecular weight excluding hydrogens is 266 g/mol. The molecule has 0 saturated carbocycles. The lowest BCUT2D eigenvalue weighted by molar-refractivity contribution is 0.0519. The fourth-order valence-corrected chi connectivity index (χ4v) is 2.99. The molecule has 21 heavy (non-hydrogen) atoms. The minimum Gasteiger partial charge on any atom is -0.497 e. The van der Waals surface area contributed by atoms with Crippen molar-refractivity contribution in [1.29, 1.82) is 0 Å². The first kappa shape index (κ1) is 13.7. The maximum atomic E-state index is 12.0. The summed E-state index contributed by atoms with van der Waals surface area (Å²) in [4.78, 5) is 15.3. The first-order valence-electron chi connectivity index (χ1n) is 7.21. The van der Waals surface area contributed by atoms with E-state index in [0.717, 1.165) is 35.4 Å². The van der Waals surface area contributed by atoms with Crippen molar-refractivity contribution >= 4 is 5.97 Å². The summed E-state index contributed by atoms with van der Waals surface area (Å²) >= 11 is 0. The first-order valence-corrected chi connectivity index (χ1v) is 7.21. The molecule has 2 aromatic rings. The van der Waals surface area contributed by atoms with Crippen molar-refractivity contribution in [2.45, 2.75) is 26.7 Å². The molecule has 0 bridgehead atoms. The molecule has 1 aliphatic carbocycles. The van der Waals surface area contributed by atoms with E-state index in [-0.39, 0.29) is 5.97 Å². The van der Waals surface area contributed by atoms with E-state index < -0.39 is 0 Å². The standard InChI is InChI=1S/C17H19NO3/c1-4-21-17(19)15-10(2)13-7-5-11-9-12(20-3)6-8-14(11)16(13)18-15/h6,8-9,18H,4-5,7H2,1-3H3. The van der Waals surface area contributed by atoms with Gasteiger partial charge >= 0.3 is 5.97 Å². The normalized spacial score (nSPS) is 12.5. The summed E-state index contributed by atoms with van der Waals surface area (Å²) in [6.45, 7) is 4.18. The molecule has 0 aliphatic heterocycles. The molecule has 0 unspecified atom stereocenters. The molecule has 0 saturated heterocycles.